The van der Waals surface area contributed by atoms with Crippen molar-refractivity contribution >= 4 is 6.09 Å². The van der Waals surface area contributed by atoms with E-state index in [1.807, 2.05) is 50.3 Å². The van der Waals surface area contributed by atoms with Crippen LogP contribution in [0, 0.1) is 0 Å². The Morgan fingerprint density at radius 2 is 1.96 bits per heavy atom. The summed E-state index contributed by atoms with van der Waals surface area (Å²) in [5, 5.41) is 11.0. The molecule has 0 aromatic heterocycles. The normalized spacial score (nSPS) is 30.1. The van der Waals surface area contributed by atoms with Gasteiger partial charge in [0.15, 0.2) is 0 Å². The first-order valence-corrected chi connectivity index (χ1v) is 8.46. The number of nitrogens with zero attached hydrogens (tertiary/aromatic N) is 1. The van der Waals surface area contributed by atoms with Gasteiger partial charge in [-0.1, -0.05) is 36.4 Å². The first-order chi connectivity index (χ1) is 11.5. The van der Waals surface area contributed by atoms with Crippen LogP contribution in [0.15, 0.2) is 42.0 Å². The van der Waals surface area contributed by atoms with Crippen molar-refractivity contribution in [1.82, 2.24) is 4.90 Å². The Balaban J connectivity index is 1.69. The minimum absolute atomic E-state index is 0.152. The zero-order valence-corrected chi connectivity index (χ0v) is 14.3. The fourth-order valence-electron chi connectivity index (χ4n) is 3.66. The summed E-state index contributed by atoms with van der Waals surface area (Å²) in [6, 6.07) is 9.34. The van der Waals surface area contributed by atoms with Crippen molar-refractivity contribution in [2.75, 3.05) is 13.2 Å². The second kappa shape index (κ2) is 6.95. The quantitative estimate of drug-likeness (QED) is 0.865. The second-order valence-electron chi connectivity index (χ2n) is 6.70. The molecule has 2 unspecified atom stereocenters. The van der Waals surface area contributed by atoms with Gasteiger partial charge in [0.1, 0.15) is 6.61 Å². The van der Waals surface area contributed by atoms with Crippen molar-refractivity contribution in [2.24, 2.45) is 0 Å². The molecule has 5 nitrogen and oxygen atoms in total. The number of rotatable bonds is 3. The molecule has 1 aromatic carbocycles. The van der Waals surface area contributed by atoms with Crippen molar-refractivity contribution in [3.05, 3.63) is 47.5 Å². The maximum atomic E-state index is 12.6. The summed E-state index contributed by atoms with van der Waals surface area (Å²) >= 11 is 0. The van der Waals surface area contributed by atoms with Crippen LogP contribution in [0.3, 0.4) is 0 Å². The van der Waals surface area contributed by atoms with Gasteiger partial charge < -0.3 is 14.6 Å². The number of morpholine rings is 1. The van der Waals surface area contributed by atoms with Crippen LogP contribution in [0.2, 0.25) is 0 Å². The summed E-state index contributed by atoms with van der Waals surface area (Å²) in [5.41, 5.74) is 1.06. The topological polar surface area (TPSA) is 59.0 Å². The van der Waals surface area contributed by atoms with E-state index in [0.717, 1.165) is 11.1 Å². The molecule has 24 heavy (non-hydrogen) atoms. The Labute approximate surface area is 142 Å². The highest BCUT2D eigenvalue weighted by molar-refractivity contribution is 5.69. The zero-order chi connectivity index (χ0) is 17.2. The third-order valence-electron chi connectivity index (χ3n) is 5.14. The Morgan fingerprint density at radius 1 is 1.33 bits per heavy atom. The number of hydrogen-bond acceptors (Lipinski definition) is 4. The Bertz CT molecular complexity index is 599. The van der Waals surface area contributed by atoms with Crippen LogP contribution in [0.1, 0.15) is 32.3 Å². The number of carbonyl (C=O) groups is 1. The van der Waals surface area contributed by atoms with Crippen LogP contribution in [0.4, 0.5) is 4.79 Å². The molecule has 0 saturated carbocycles. The van der Waals surface area contributed by atoms with Crippen molar-refractivity contribution in [3.8, 4) is 0 Å². The average molecular weight is 331 g/mol. The fourth-order valence-corrected chi connectivity index (χ4v) is 3.66. The van der Waals surface area contributed by atoms with Gasteiger partial charge in [0, 0.05) is 12.8 Å². The van der Waals surface area contributed by atoms with E-state index in [4.69, 9.17) is 9.47 Å². The van der Waals surface area contributed by atoms with E-state index in [0.29, 0.717) is 26.1 Å². The van der Waals surface area contributed by atoms with E-state index < -0.39 is 5.60 Å². The molecule has 2 aliphatic heterocycles. The molecule has 2 fully saturated rings. The Kier molecular flexibility index (Phi) is 4.92. The number of ether oxygens (including phenoxy) is 2. The van der Waals surface area contributed by atoms with Gasteiger partial charge in [0.05, 0.1) is 30.9 Å². The smallest absolute Gasteiger partial charge is 0.410 e. The number of benzene rings is 1. The predicted octanol–water partition coefficient (Wildman–Crippen LogP) is 2.88. The highest BCUT2D eigenvalue weighted by Crippen LogP contribution is 2.39. The summed E-state index contributed by atoms with van der Waals surface area (Å²) in [6.07, 6.45) is 2.59. The van der Waals surface area contributed by atoms with Crippen LogP contribution in [-0.2, 0) is 16.1 Å². The molecule has 3 rings (SSSR count). The molecule has 0 aliphatic carbocycles. The Hall–Kier alpha value is -1.85. The van der Waals surface area contributed by atoms with Crippen molar-refractivity contribution in [3.63, 3.8) is 0 Å². The van der Waals surface area contributed by atoms with E-state index in [1.54, 1.807) is 4.90 Å². The number of fused-ring (bicyclic) bond motifs is 2. The molecule has 2 heterocycles. The fraction of sp³-hybridized carbons (Fsp3) is 0.526. The lowest BCUT2D eigenvalue weighted by molar-refractivity contribution is -0.120. The number of amides is 1. The molecule has 130 valence electrons. The van der Waals surface area contributed by atoms with E-state index in [9.17, 15) is 9.90 Å². The molecule has 0 spiro atoms. The summed E-state index contributed by atoms with van der Waals surface area (Å²) in [5.74, 6) is 0. The first-order valence-electron chi connectivity index (χ1n) is 8.46. The van der Waals surface area contributed by atoms with Gasteiger partial charge >= 0.3 is 6.09 Å². The molecule has 1 amide bonds. The van der Waals surface area contributed by atoms with Crippen LogP contribution in [-0.4, -0.2) is 47.0 Å². The first kappa shape index (κ1) is 17.0. The average Bonchev–Trinajstić information content (AvgIpc) is 2.59. The zero-order valence-electron chi connectivity index (χ0n) is 14.3. The summed E-state index contributed by atoms with van der Waals surface area (Å²) in [7, 11) is 0. The van der Waals surface area contributed by atoms with E-state index in [-0.39, 0.29) is 24.8 Å². The highest BCUT2D eigenvalue weighted by atomic mass is 16.6. The van der Waals surface area contributed by atoms with Gasteiger partial charge in [-0.15, -0.1) is 0 Å². The summed E-state index contributed by atoms with van der Waals surface area (Å²) in [6.45, 7) is 5.02. The van der Waals surface area contributed by atoms with Crippen LogP contribution >= 0.6 is 0 Å². The summed E-state index contributed by atoms with van der Waals surface area (Å²) in [4.78, 5) is 14.4. The molecule has 2 atom stereocenters. The molecule has 1 aromatic rings. The third kappa shape index (κ3) is 3.32. The number of aliphatic hydroxyl groups is 1. The highest BCUT2D eigenvalue weighted by Gasteiger charge is 2.49. The van der Waals surface area contributed by atoms with Gasteiger partial charge in [0.25, 0.3) is 0 Å². The molecule has 1 N–H and O–H groups in total. The van der Waals surface area contributed by atoms with Crippen LogP contribution < -0.4 is 0 Å². The van der Waals surface area contributed by atoms with Crippen LogP contribution in [0.5, 0.6) is 0 Å². The van der Waals surface area contributed by atoms with Crippen molar-refractivity contribution < 1.29 is 19.4 Å². The number of piperidine rings is 1. The van der Waals surface area contributed by atoms with E-state index in [2.05, 4.69) is 0 Å². The maximum Gasteiger partial charge on any atom is 0.410 e. The van der Waals surface area contributed by atoms with E-state index in [1.165, 1.54) is 0 Å². The van der Waals surface area contributed by atoms with Gasteiger partial charge in [0.2, 0.25) is 0 Å². The number of carbonyl (C=O) groups excluding carboxylic acids is 1. The summed E-state index contributed by atoms with van der Waals surface area (Å²) < 4.78 is 11.1. The second-order valence-corrected chi connectivity index (χ2v) is 6.70. The van der Waals surface area contributed by atoms with E-state index >= 15 is 0 Å². The molecule has 2 aliphatic rings. The van der Waals surface area contributed by atoms with Crippen molar-refractivity contribution in [2.45, 2.75) is 51.0 Å². The largest absolute Gasteiger partial charge is 0.445 e. The van der Waals surface area contributed by atoms with Gasteiger partial charge in [-0.05, 0) is 25.0 Å². The molecular weight excluding hydrogens is 306 g/mol. The molecule has 0 radical (unpaired) electrons. The third-order valence-corrected chi connectivity index (χ3v) is 5.14. The van der Waals surface area contributed by atoms with Crippen molar-refractivity contribution in [1.29, 1.82) is 0 Å². The molecular formula is C19H25NO4. The predicted molar refractivity (Wildman–Crippen MR) is 90.5 cm³/mol. The maximum absolute atomic E-state index is 12.6. The van der Waals surface area contributed by atoms with Gasteiger partial charge in [-0.2, -0.15) is 0 Å². The Morgan fingerprint density at radius 3 is 2.54 bits per heavy atom. The number of hydrogen-bond donors (Lipinski definition) is 1. The van der Waals surface area contributed by atoms with Gasteiger partial charge in [-0.25, -0.2) is 4.79 Å². The van der Waals surface area contributed by atoms with Gasteiger partial charge in [-0.3, -0.25) is 4.90 Å². The molecule has 2 bridgehead atoms. The minimum Gasteiger partial charge on any atom is -0.445 e. The monoisotopic (exact) mass is 331 g/mol. The molecule has 2 saturated heterocycles. The number of allylic oxidation sites excluding steroid dienone is 1. The SMILES string of the molecule is CC=C(C)C1(O)CC2COCC(C1)N2C(=O)OCc1ccccc1. The lowest BCUT2D eigenvalue weighted by Gasteiger charge is -2.51. The molecule has 5 heteroatoms. The van der Waals surface area contributed by atoms with Crippen LogP contribution in [0.25, 0.3) is 0 Å². The lowest BCUT2D eigenvalue weighted by atomic mass is 9.77. The standard InChI is InChI=1S/C19H25NO4/c1-3-14(2)19(22)9-16-12-23-13-17(10-19)20(16)18(21)24-11-15-7-5-4-6-8-15/h3-8,16-17,22H,9-13H2,1-2H3. The minimum atomic E-state index is -0.857. The lowest BCUT2D eigenvalue weighted by Crippen LogP contribution is -2.63.